The molecule has 0 amide bonds. The van der Waals surface area contributed by atoms with Gasteiger partial charge in [-0.3, -0.25) is 4.72 Å². The average Bonchev–Trinajstić information content (AvgIpc) is 2.62. The number of anilines is 1. The Morgan fingerprint density at radius 2 is 1.69 bits per heavy atom. The lowest BCUT2D eigenvalue weighted by atomic mass is 9.99. The Labute approximate surface area is 160 Å². The molecular formula is C20H21ClN2O2S. The Hall–Kier alpha value is -2.08. The van der Waals surface area contributed by atoms with Crippen molar-refractivity contribution in [3.63, 3.8) is 0 Å². The van der Waals surface area contributed by atoms with Crippen LogP contribution in [0.5, 0.6) is 0 Å². The second-order valence-corrected chi connectivity index (χ2v) is 8.05. The summed E-state index contributed by atoms with van der Waals surface area (Å²) in [6.45, 7) is 3.63. The van der Waals surface area contributed by atoms with E-state index in [1.165, 1.54) is 0 Å². The number of halogens is 1. The first-order valence-corrected chi connectivity index (χ1v) is 9.87. The summed E-state index contributed by atoms with van der Waals surface area (Å²) in [5.41, 5.74) is 3.99. The fourth-order valence-corrected chi connectivity index (χ4v) is 4.82. The molecule has 0 saturated carbocycles. The molecule has 0 aromatic heterocycles. The van der Waals surface area contributed by atoms with Crippen LogP contribution in [0.15, 0.2) is 59.5 Å². The van der Waals surface area contributed by atoms with E-state index in [0.29, 0.717) is 10.6 Å². The van der Waals surface area contributed by atoms with Gasteiger partial charge in [0.15, 0.2) is 0 Å². The minimum Gasteiger partial charge on any atom is -0.312 e. The molecule has 2 N–H and O–H groups in total. The number of aryl methyl sites for hydroxylation is 1. The highest BCUT2D eigenvalue weighted by molar-refractivity contribution is 7.93. The van der Waals surface area contributed by atoms with Gasteiger partial charge in [-0.25, -0.2) is 8.42 Å². The molecule has 0 unspecified atom stereocenters. The Morgan fingerprint density at radius 3 is 2.54 bits per heavy atom. The van der Waals surface area contributed by atoms with Crippen molar-refractivity contribution >= 4 is 38.9 Å². The van der Waals surface area contributed by atoms with Crippen molar-refractivity contribution in [2.45, 2.75) is 24.8 Å². The van der Waals surface area contributed by atoms with Crippen LogP contribution in [0.1, 0.15) is 16.7 Å². The monoisotopic (exact) mass is 388 g/mol. The van der Waals surface area contributed by atoms with E-state index in [2.05, 4.69) is 10.0 Å². The molecule has 1 aliphatic rings. The lowest BCUT2D eigenvalue weighted by molar-refractivity contribution is 0.601. The summed E-state index contributed by atoms with van der Waals surface area (Å²) in [4.78, 5) is 0.320. The van der Waals surface area contributed by atoms with Gasteiger partial charge in [0.25, 0.3) is 10.0 Å². The summed E-state index contributed by atoms with van der Waals surface area (Å²) in [6.07, 6.45) is 0.822. The molecule has 0 spiro atoms. The van der Waals surface area contributed by atoms with E-state index in [1.54, 1.807) is 12.1 Å². The quantitative estimate of drug-likeness (QED) is 0.712. The number of rotatable bonds is 3. The summed E-state index contributed by atoms with van der Waals surface area (Å²) < 4.78 is 29.0. The molecule has 0 atom stereocenters. The molecule has 0 radical (unpaired) electrons. The minimum atomic E-state index is -3.66. The maximum atomic E-state index is 13.1. The first-order valence-electron chi connectivity index (χ1n) is 8.39. The Balaban J connectivity index is 0.00000196. The Bertz CT molecular complexity index is 1060. The zero-order valence-corrected chi connectivity index (χ0v) is 16.1. The zero-order chi connectivity index (χ0) is 17.4. The minimum absolute atomic E-state index is 0. The summed E-state index contributed by atoms with van der Waals surface area (Å²) in [7, 11) is -3.66. The summed E-state index contributed by atoms with van der Waals surface area (Å²) in [5, 5.41) is 5.03. The van der Waals surface area contributed by atoms with Gasteiger partial charge in [-0.2, -0.15) is 0 Å². The van der Waals surface area contributed by atoms with Crippen LogP contribution in [0.2, 0.25) is 0 Å². The number of benzene rings is 3. The van der Waals surface area contributed by atoms with Crippen LogP contribution in [0.4, 0.5) is 5.69 Å². The second kappa shape index (κ2) is 7.27. The fourth-order valence-electron chi connectivity index (χ4n) is 3.50. The maximum absolute atomic E-state index is 13.1. The van der Waals surface area contributed by atoms with Gasteiger partial charge < -0.3 is 5.32 Å². The molecule has 0 aliphatic carbocycles. The fraction of sp³-hybridized carbons (Fsp3) is 0.200. The molecule has 0 bridgehead atoms. The van der Waals surface area contributed by atoms with Gasteiger partial charge in [-0.15, -0.1) is 12.4 Å². The smallest absolute Gasteiger partial charge is 0.262 e. The summed E-state index contributed by atoms with van der Waals surface area (Å²) in [5.74, 6) is 0. The van der Waals surface area contributed by atoms with E-state index in [0.717, 1.165) is 47.0 Å². The van der Waals surface area contributed by atoms with Crippen molar-refractivity contribution in [3.8, 4) is 0 Å². The average molecular weight is 389 g/mol. The lowest BCUT2D eigenvalue weighted by Crippen LogP contribution is -2.25. The highest BCUT2D eigenvalue weighted by Gasteiger charge is 2.21. The first kappa shape index (κ1) is 18.7. The highest BCUT2D eigenvalue weighted by atomic mass is 35.5. The lowest BCUT2D eigenvalue weighted by Gasteiger charge is -2.21. The van der Waals surface area contributed by atoms with Crippen molar-refractivity contribution in [2.24, 2.45) is 0 Å². The van der Waals surface area contributed by atoms with Gasteiger partial charge >= 0.3 is 0 Å². The van der Waals surface area contributed by atoms with Crippen LogP contribution in [-0.4, -0.2) is 15.0 Å². The van der Waals surface area contributed by atoms with Gasteiger partial charge in [-0.05, 0) is 54.1 Å². The van der Waals surface area contributed by atoms with Crippen LogP contribution in [0.25, 0.3) is 10.8 Å². The SMILES string of the molecule is Cc1cccc2c(S(=O)(=O)Nc3cccc4c3CCNC4)cccc12.Cl. The van der Waals surface area contributed by atoms with Gasteiger partial charge in [0, 0.05) is 11.9 Å². The van der Waals surface area contributed by atoms with Crippen molar-refractivity contribution in [1.29, 1.82) is 0 Å². The molecule has 6 heteroatoms. The van der Waals surface area contributed by atoms with E-state index in [-0.39, 0.29) is 12.4 Å². The molecule has 1 aliphatic heterocycles. The van der Waals surface area contributed by atoms with E-state index in [9.17, 15) is 8.42 Å². The van der Waals surface area contributed by atoms with E-state index < -0.39 is 10.0 Å². The van der Waals surface area contributed by atoms with E-state index in [4.69, 9.17) is 0 Å². The van der Waals surface area contributed by atoms with Crippen molar-refractivity contribution in [2.75, 3.05) is 11.3 Å². The maximum Gasteiger partial charge on any atom is 0.262 e. The van der Waals surface area contributed by atoms with Crippen LogP contribution >= 0.6 is 12.4 Å². The third-order valence-electron chi connectivity index (χ3n) is 4.77. The number of fused-ring (bicyclic) bond motifs is 2. The van der Waals surface area contributed by atoms with Crippen LogP contribution < -0.4 is 10.0 Å². The zero-order valence-electron chi connectivity index (χ0n) is 14.5. The summed E-state index contributed by atoms with van der Waals surface area (Å²) >= 11 is 0. The molecule has 4 rings (SSSR count). The number of nitrogens with one attached hydrogen (secondary N) is 2. The van der Waals surface area contributed by atoms with Crippen LogP contribution in [0.3, 0.4) is 0 Å². The molecule has 1 heterocycles. The predicted octanol–water partition coefficient (Wildman–Crippen LogP) is 4.02. The van der Waals surface area contributed by atoms with Crippen molar-refractivity contribution in [3.05, 3.63) is 71.3 Å². The predicted molar refractivity (Wildman–Crippen MR) is 109 cm³/mol. The van der Waals surface area contributed by atoms with Gasteiger partial charge in [0.2, 0.25) is 0 Å². The largest absolute Gasteiger partial charge is 0.312 e. The molecule has 0 fully saturated rings. The molecule has 3 aromatic rings. The van der Waals surface area contributed by atoms with Crippen LogP contribution in [0, 0.1) is 6.92 Å². The van der Waals surface area contributed by atoms with E-state index in [1.807, 2.05) is 49.4 Å². The van der Waals surface area contributed by atoms with Gasteiger partial charge in [0.1, 0.15) is 0 Å². The normalized spacial score (nSPS) is 13.7. The number of hydrogen-bond acceptors (Lipinski definition) is 3. The number of sulfonamides is 1. The van der Waals surface area contributed by atoms with Gasteiger partial charge in [-0.1, -0.05) is 42.5 Å². The molecule has 136 valence electrons. The van der Waals surface area contributed by atoms with Crippen molar-refractivity contribution in [1.82, 2.24) is 5.32 Å². The third-order valence-corrected chi connectivity index (χ3v) is 6.20. The standard InChI is InChI=1S/C20H20N2O2S.ClH/c1-14-5-2-8-18-16(14)7-4-10-20(18)25(23,24)22-19-9-3-6-15-13-21-12-11-17(15)19;/h2-10,21-22H,11-13H2,1H3;1H. The van der Waals surface area contributed by atoms with E-state index >= 15 is 0 Å². The Morgan fingerprint density at radius 1 is 0.962 bits per heavy atom. The first-order chi connectivity index (χ1) is 12.1. The molecular weight excluding hydrogens is 368 g/mol. The molecule has 3 aromatic carbocycles. The van der Waals surface area contributed by atoms with Crippen LogP contribution in [-0.2, 0) is 23.0 Å². The van der Waals surface area contributed by atoms with Crippen molar-refractivity contribution < 1.29 is 8.42 Å². The topological polar surface area (TPSA) is 58.2 Å². The second-order valence-electron chi connectivity index (χ2n) is 6.40. The Kier molecular flexibility index (Phi) is 5.23. The molecule has 4 nitrogen and oxygen atoms in total. The molecule has 26 heavy (non-hydrogen) atoms. The number of hydrogen-bond donors (Lipinski definition) is 2. The summed E-state index contributed by atoms with van der Waals surface area (Å²) in [6, 6.07) is 17.0. The highest BCUT2D eigenvalue weighted by Crippen LogP contribution is 2.29. The molecule has 0 saturated heterocycles. The van der Waals surface area contributed by atoms with Gasteiger partial charge in [0.05, 0.1) is 10.6 Å². The third kappa shape index (κ3) is 3.30.